The second-order valence-electron chi connectivity index (χ2n) is 9.67. The van der Waals surface area contributed by atoms with Gasteiger partial charge in [0.1, 0.15) is 17.6 Å². The molecule has 4 N–H and O–H groups in total. The highest BCUT2D eigenvalue weighted by atomic mass is 16.5. The second kappa shape index (κ2) is 14.3. The van der Waals surface area contributed by atoms with Gasteiger partial charge >= 0.3 is 11.9 Å². The molecule has 0 spiro atoms. The lowest BCUT2D eigenvalue weighted by Crippen LogP contribution is -2.27. The number of ether oxygens (including phenoxy) is 2. The van der Waals surface area contributed by atoms with Crippen molar-refractivity contribution in [2.24, 2.45) is 5.73 Å². The minimum absolute atomic E-state index is 0.0955. The summed E-state index contributed by atoms with van der Waals surface area (Å²) in [5.41, 5.74) is 9.36. The van der Waals surface area contributed by atoms with Gasteiger partial charge in [0.25, 0.3) is 5.91 Å². The first-order chi connectivity index (χ1) is 19.1. The number of aryl methyl sites for hydroxylation is 2. The van der Waals surface area contributed by atoms with Crippen molar-refractivity contribution in [1.29, 1.82) is 0 Å². The smallest absolute Gasteiger partial charge is 0.327 e. The summed E-state index contributed by atoms with van der Waals surface area (Å²) in [6.07, 6.45) is 1.12. The number of carbonyl (C=O) groups is 3. The average Bonchev–Trinajstić information content (AvgIpc) is 3.30. The monoisotopic (exact) mass is 551 g/mol. The Balaban J connectivity index is 1.68. The molecule has 0 bridgehead atoms. The summed E-state index contributed by atoms with van der Waals surface area (Å²) >= 11 is 0. The molecule has 0 fully saturated rings. The van der Waals surface area contributed by atoms with Crippen LogP contribution in [0.3, 0.4) is 0 Å². The molecular weight excluding hydrogens is 514 g/mol. The number of carbonyl (C=O) groups excluding carboxylic acids is 2. The molecule has 3 rings (SSSR count). The first-order valence-corrected chi connectivity index (χ1v) is 13.4. The van der Waals surface area contributed by atoms with Gasteiger partial charge in [-0.15, -0.1) is 0 Å². The van der Waals surface area contributed by atoms with Gasteiger partial charge < -0.3 is 30.0 Å². The van der Waals surface area contributed by atoms with Crippen LogP contribution in [0.2, 0.25) is 0 Å². The van der Waals surface area contributed by atoms with Crippen LogP contribution >= 0.6 is 0 Å². The van der Waals surface area contributed by atoms with E-state index in [4.69, 9.17) is 24.7 Å². The van der Waals surface area contributed by atoms with Gasteiger partial charge in [0.2, 0.25) is 5.89 Å². The van der Waals surface area contributed by atoms with Crippen molar-refractivity contribution in [2.75, 3.05) is 13.2 Å². The van der Waals surface area contributed by atoms with Crippen LogP contribution in [0.25, 0.3) is 11.5 Å². The third-order valence-corrected chi connectivity index (χ3v) is 6.10. The van der Waals surface area contributed by atoms with Crippen LogP contribution in [-0.4, -0.2) is 47.2 Å². The zero-order chi connectivity index (χ0) is 29.2. The van der Waals surface area contributed by atoms with Crippen molar-refractivity contribution in [3.63, 3.8) is 0 Å². The summed E-state index contributed by atoms with van der Waals surface area (Å²) < 4.78 is 17.0. The molecule has 0 aliphatic heterocycles. The largest absolute Gasteiger partial charge is 0.493 e. The molecule has 3 aromatic rings. The summed E-state index contributed by atoms with van der Waals surface area (Å²) in [6, 6.07) is 11.1. The van der Waals surface area contributed by atoms with Crippen LogP contribution in [0.1, 0.15) is 72.6 Å². The van der Waals surface area contributed by atoms with Crippen LogP contribution in [0.15, 0.2) is 46.9 Å². The molecule has 1 heterocycles. The first-order valence-electron chi connectivity index (χ1n) is 13.4. The van der Waals surface area contributed by atoms with Crippen LogP contribution in [0.5, 0.6) is 5.75 Å². The van der Waals surface area contributed by atoms with Crippen molar-refractivity contribution in [2.45, 2.75) is 65.5 Å². The van der Waals surface area contributed by atoms with E-state index in [1.54, 1.807) is 56.3 Å². The molecular formula is C30H37N3O7. The quantitative estimate of drug-likeness (QED) is 0.248. The summed E-state index contributed by atoms with van der Waals surface area (Å²) in [5.74, 6) is -0.0606. The molecule has 10 heteroatoms. The number of esters is 1. The maximum absolute atomic E-state index is 12.5. The normalized spacial score (nSPS) is 11.8. The number of carboxylic acids is 1. The fourth-order valence-electron chi connectivity index (χ4n) is 4.01. The minimum atomic E-state index is -1.07. The maximum Gasteiger partial charge on any atom is 0.327 e. The fraction of sp³-hybridized carbons (Fsp3) is 0.400. The summed E-state index contributed by atoms with van der Waals surface area (Å²) in [7, 11) is 0. The number of nitrogens with one attached hydrogen (secondary N) is 1. The Labute approximate surface area is 233 Å². The molecule has 0 aliphatic carbocycles. The van der Waals surface area contributed by atoms with E-state index >= 15 is 0 Å². The Hall–Kier alpha value is -4.18. The number of benzene rings is 2. The molecule has 1 atom stereocenters. The summed E-state index contributed by atoms with van der Waals surface area (Å²) in [4.78, 5) is 40.3. The molecule has 0 aliphatic rings. The Morgan fingerprint density at radius 1 is 1.10 bits per heavy atom. The molecule has 1 unspecified atom stereocenters. The van der Waals surface area contributed by atoms with Crippen molar-refractivity contribution >= 4 is 17.8 Å². The van der Waals surface area contributed by atoms with Gasteiger partial charge in [-0.3, -0.25) is 9.59 Å². The van der Waals surface area contributed by atoms with Crippen LogP contribution in [0, 0.1) is 6.92 Å². The SMILES string of the molecule is CCCNC(=O)c1ccc(-c2nc(CCOc3ccc(CCC(=O)O)c(C(N)C(=O)OC(C)C)c3)c(C)o2)cc1. The predicted octanol–water partition coefficient (Wildman–Crippen LogP) is 4.38. The van der Waals surface area contributed by atoms with Gasteiger partial charge in [-0.25, -0.2) is 9.78 Å². The second-order valence-corrected chi connectivity index (χ2v) is 9.67. The number of nitrogens with zero attached hydrogens (tertiary/aromatic N) is 1. The zero-order valence-electron chi connectivity index (χ0n) is 23.4. The van der Waals surface area contributed by atoms with Crippen molar-refractivity contribution in [1.82, 2.24) is 10.3 Å². The van der Waals surface area contributed by atoms with E-state index in [0.29, 0.717) is 47.1 Å². The third kappa shape index (κ3) is 8.41. The number of aliphatic carboxylic acids is 1. The average molecular weight is 552 g/mol. The highest BCUT2D eigenvalue weighted by Crippen LogP contribution is 2.26. The number of hydrogen-bond donors (Lipinski definition) is 3. The Kier molecular flexibility index (Phi) is 10.8. The van der Waals surface area contributed by atoms with Gasteiger partial charge in [-0.05, 0) is 81.1 Å². The number of oxazole rings is 1. The lowest BCUT2D eigenvalue weighted by atomic mass is 9.97. The number of rotatable bonds is 14. The topological polar surface area (TPSA) is 154 Å². The summed E-state index contributed by atoms with van der Waals surface area (Å²) in [6.45, 7) is 8.19. The lowest BCUT2D eigenvalue weighted by molar-refractivity contribution is -0.149. The van der Waals surface area contributed by atoms with Gasteiger partial charge in [-0.2, -0.15) is 0 Å². The number of carboxylic acid groups (broad SMARTS) is 1. The van der Waals surface area contributed by atoms with Crippen LogP contribution < -0.4 is 15.8 Å². The van der Waals surface area contributed by atoms with E-state index in [-0.39, 0.29) is 31.5 Å². The Bertz CT molecular complexity index is 1320. The lowest BCUT2D eigenvalue weighted by Gasteiger charge is -2.18. The van der Waals surface area contributed by atoms with Gasteiger partial charge in [0.15, 0.2) is 0 Å². The number of aromatic nitrogens is 1. The van der Waals surface area contributed by atoms with Crippen LogP contribution in [-0.2, 0) is 27.2 Å². The van der Waals surface area contributed by atoms with Crippen molar-refractivity contribution in [3.8, 4) is 17.2 Å². The number of hydrogen-bond acceptors (Lipinski definition) is 8. The third-order valence-electron chi connectivity index (χ3n) is 6.10. The van der Waals surface area contributed by atoms with Crippen LogP contribution in [0.4, 0.5) is 0 Å². The highest BCUT2D eigenvalue weighted by Gasteiger charge is 2.23. The van der Waals surface area contributed by atoms with Crippen molar-refractivity contribution in [3.05, 3.63) is 70.6 Å². The predicted molar refractivity (Wildman–Crippen MR) is 149 cm³/mol. The van der Waals surface area contributed by atoms with Gasteiger partial charge in [0, 0.05) is 30.5 Å². The van der Waals surface area contributed by atoms with Gasteiger partial charge in [0.05, 0.1) is 18.4 Å². The Morgan fingerprint density at radius 2 is 1.82 bits per heavy atom. The van der Waals surface area contributed by atoms with E-state index in [0.717, 1.165) is 17.7 Å². The standard InChI is InChI=1S/C30H37N3O7/c1-5-15-32-28(36)21-6-8-22(9-7-21)29-33-25(19(4)40-29)14-16-38-23-12-10-20(11-13-26(34)35)24(17-23)27(31)30(37)39-18(2)3/h6-10,12,17-18,27H,5,11,13-16,31H2,1-4H3,(H,32,36)(H,34,35). The molecule has 2 aromatic carbocycles. The van der Waals surface area contributed by atoms with E-state index in [1.807, 2.05) is 13.8 Å². The van der Waals surface area contributed by atoms with Gasteiger partial charge in [-0.1, -0.05) is 13.0 Å². The molecule has 10 nitrogen and oxygen atoms in total. The van der Waals surface area contributed by atoms with E-state index in [2.05, 4.69) is 10.3 Å². The first kappa shape index (κ1) is 30.4. The van der Waals surface area contributed by atoms with E-state index in [9.17, 15) is 14.4 Å². The van der Waals surface area contributed by atoms with E-state index in [1.165, 1.54) is 0 Å². The molecule has 1 amide bonds. The highest BCUT2D eigenvalue weighted by molar-refractivity contribution is 5.94. The maximum atomic E-state index is 12.5. The van der Waals surface area contributed by atoms with E-state index < -0.39 is 18.0 Å². The van der Waals surface area contributed by atoms with Crippen molar-refractivity contribution < 1.29 is 33.4 Å². The fourth-order valence-corrected chi connectivity index (χ4v) is 4.01. The Morgan fingerprint density at radius 3 is 2.48 bits per heavy atom. The zero-order valence-corrected chi connectivity index (χ0v) is 23.4. The minimum Gasteiger partial charge on any atom is -0.493 e. The number of nitrogens with two attached hydrogens (primary N) is 1. The summed E-state index contributed by atoms with van der Waals surface area (Å²) in [5, 5.41) is 11.9. The molecule has 214 valence electrons. The number of amides is 1. The molecule has 0 saturated carbocycles. The molecule has 1 aromatic heterocycles. The molecule has 40 heavy (non-hydrogen) atoms. The molecule has 0 saturated heterocycles. The molecule has 0 radical (unpaired) electrons.